The maximum absolute atomic E-state index is 5.37. The Balaban J connectivity index is 2.50. The average molecular weight is 234 g/mol. The molecule has 0 spiro atoms. The van der Waals surface area contributed by atoms with Gasteiger partial charge in [0, 0.05) is 12.1 Å². The lowest BCUT2D eigenvalue weighted by atomic mass is 10.1. The molecule has 0 bridgehead atoms. The molecule has 1 rings (SSSR count). The molecule has 0 saturated carbocycles. The Bertz CT molecular complexity index is 355. The summed E-state index contributed by atoms with van der Waals surface area (Å²) in [6, 6.07) is 6.01. The Morgan fingerprint density at radius 1 is 1.35 bits per heavy atom. The highest BCUT2D eigenvalue weighted by molar-refractivity contribution is 5.10. The number of nitrogens with zero attached hydrogens (tertiary/aromatic N) is 1. The molecule has 0 fully saturated rings. The molecule has 3 heteroatoms. The number of pyridine rings is 1. The summed E-state index contributed by atoms with van der Waals surface area (Å²) in [5.41, 5.74) is 2.11. The van der Waals surface area contributed by atoms with Crippen molar-refractivity contribution >= 4 is 0 Å². The van der Waals surface area contributed by atoms with Crippen LogP contribution >= 0.6 is 0 Å². The molecule has 0 aliphatic carbocycles. The SMILES string of the molecule is C=CCOCc1cccc(CNC(C)(C)C)n1. The van der Waals surface area contributed by atoms with E-state index >= 15 is 0 Å². The van der Waals surface area contributed by atoms with Gasteiger partial charge in [-0.15, -0.1) is 6.58 Å². The minimum absolute atomic E-state index is 0.108. The summed E-state index contributed by atoms with van der Waals surface area (Å²) in [7, 11) is 0. The van der Waals surface area contributed by atoms with E-state index in [0.29, 0.717) is 13.2 Å². The first-order valence-electron chi connectivity index (χ1n) is 5.90. The molecule has 0 atom stereocenters. The van der Waals surface area contributed by atoms with E-state index in [-0.39, 0.29) is 5.54 Å². The predicted molar refractivity (Wildman–Crippen MR) is 70.7 cm³/mol. The zero-order valence-electron chi connectivity index (χ0n) is 11.0. The summed E-state index contributed by atoms with van der Waals surface area (Å²) < 4.78 is 5.37. The van der Waals surface area contributed by atoms with Crippen molar-refractivity contribution in [3.8, 4) is 0 Å². The van der Waals surface area contributed by atoms with Crippen molar-refractivity contribution in [1.82, 2.24) is 10.3 Å². The van der Waals surface area contributed by atoms with E-state index in [9.17, 15) is 0 Å². The van der Waals surface area contributed by atoms with Crippen LogP contribution in [0.5, 0.6) is 0 Å². The summed E-state index contributed by atoms with van der Waals surface area (Å²) in [6.45, 7) is 11.9. The van der Waals surface area contributed by atoms with Crippen LogP contribution in [0, 0.1) is 0 Å². The van der Waals surface area contributed by atoms with Crippen molar-refractivity contribution < 1.29 is 4.74 Å². The molecule has 1 aromatic rings. The topological polar surface area (TPSA) is 34.1 Å². The number of hydrogen-bond acceptors (Lipinski definition) is 3. The van der Waals surface area contributed by atoms with Gasteiger partial charge in [-0.05, 0) is 32.9 Å². The van der Waals surface area contributed by atoms with Crippen LogP contribution in [0.2, 0.25) is 0 Å². The molecular formula is C14H22N2O. The van der Waals surface area contributed by atoms with Gasteiger partial charge < -0.3 is 10.1 Å². The monoisotopic (exact) mass is 234 g/mol. The molecular weight excluding hydrogens is 212 g/mol. The molecule has 0 unspecified atom stereocenters. The number of hydrogen-bond donors (Lipinski definition) is 1. The fourth-order valence-corrected chi connectivity index (χ4v) is 1.31. The summed E-state index contributed by atoms with van der Waals surface area (Å²) >= 11 is 0. The Hall–Kier alpha value is -1.19. The van der Waals surface area contributed by atoms with Crippen molar-refractivity contribution in [2.75, 3.05) is 6.61 Å². The Kier molecular flexibility index (Phi) is 5.32. The van der Waals surface area contributed by atoms with Gasteiger partial charge in [-0.3, -0.25) is 4.98 Å². The molecule has 17 heavy (non-hydrogen) atoms. The molecule has 0 aliphatic heterocycles. The van der Waals surface area contributed by atoms with Gasteiger partial charge in [0.25, 0.3) is 0 Å². The lowest BCUT2D eigenvalue weighted by Gasteiger charge is -2.20. The van der Waals surface area contributed by atoms with Crippen molar-refractivity contribution in [2.24, 2.45) is 0 Å². The average Bonchev–Trinajstić information content (AvgIpc) is 2.27. The van der Waals surface area contributed by atoms with Crippen LogP contribution in [0.1, 0.15) is 32.2 Å². The third kappa shape index (κ3) is 6.19. The van der Waals surface area contributed by atoms with Crippen molar-refractivity contribution in [2.45, 2.75) is 39.5 Å². The Labute approximate surface area is 104 Å². The normalized spacial score (nSPS) is 11.5. The highest BCUT2D eigenvalue weighted by Gasteiger charge is 2.08. The summed E-state index contributed by atoms with van der Waals surface area (Å²) in [5.74, 6) is 0. The minimum Gasteiger partial charge on any atom is -0.371 e. The Morgan fingerprint density at radius 2 is 2.06 bits per heavy atom. The first-order chi connectivity index (χ1) is 8.01. The maximum atomic E-state index is 5.37. The van der Waals surface area contributed by atoms with E-state index in [1.54, 1.807) is 6.08 Å². The lowest BCUT2D eigenvalue weighted by molar-refractivity contribution is 0.146. The number of nitrogens with one attached hydrogen (secondary N) is 1. The molecule has 0 aromatic carbocycles. The van der Waals surface area contributed by atoms with Crippen LogP contribution in [-0.2, 0) is 17.9 Å². The third-order valence-electron chi connectivity index (χ3n) is 2.15. The molecule has 1 N–H and O–H groups in total. The van der Waals surface area contributed by atoms with Gasteiger partial charge in [-0.1, -0.05) is 12.1 Å². The van der Waals surface area contributed by atoms with Gasteiger partial charge in [0.1, 0.15) is 0 Å². The van der Waals surface area contributed by atoms with Crippen LogP contribution in [0.15, 0.2) is 30.9 Å². The summed E-state index contributed by atoms with van der Waals surface area (Å²) in [4.78, 5) is 4.53. The van der Waals surface area contributed by atoms with Crippen molar-refractivity contribution in [1.29, 1.82) is 0 Å². The Morgan fingerprint density at radius 3 is 2.71 bits per heavy atom. The van der Waals surface area contributed by atoms with Crippen LogP contribution in [0.25, 0.3) is 0 Å². The molecule has 94 valence electrons. The zero-order valence-corrected chi connectivity index (χ0v) is 11.0. The van der Waals surface area contributed by atoms with Crippen LogP contribution in [0.3, 0.4) is 0 Å². The highest BCUT2D eigenvalue weighted by atomic mass is 16.5. The number of rotatable bonds is 6. The second-order valence-electron chi connectivity index (χ2n) is 5.03. The first kappa shape index (κ1) is 13.9. The smallest absolute Gasteiger partial charge is 0.0892 e. The predicted octanol–water partition coefficient (Wildman–Crippen LogP) is 2.67. The molecule has 0 amide bonds. The molecule has 1 heterocycles. The first-order valence-corrected chi connectivity index (χ1v) is 5.90. The third-order valence-corrected chi connectivity index (χ3v) is 2.15. The molecule has 0 aliphatic rings. The van der Waals surface area contributed by atoms with Gasteiger partial charge >= 0.3 is 0 Å². The van der Waals surface area contributed by atoms with Gasteiger partial charge in [-0.2, -0.15) is 0 Å². The minimum atomic E-state index is 0.108. The second kappa shape index (κ2) is 6.52. The number of aromatic nitrogens is 1. The standard InChI is InChI=1S/C14H22N2O/c1-5-9-17-11-13-8-6-7-12(16-13)10-15-14(2,3)4/h5-8,15H,1,9-11H2,2-4H3. The van der Waals surface area contributed by atoms with Crippen molar-refractivity contribution in [3.63, 3.8) is 0 Å². The molecule has 1 aromatic heterocycles. The molecule has 3 nitrogen and oxygen atoms in total. The molecule has 0 radical (unpaired) electrons. The fraction of sp³-hybridized carbons (Fsp3) is 0.500. The van der Waals surface area contributed by atoms with Crippen LogP contribution < -0.4 is 5.32 Å². The van der Waals surface area contributed by atoms with E-state index in [2.05, 4.69) is 37.7 Å². The summed E-state index contributed by atoms with van der Waals surface area (Å²) in [6.07, 6.45) is 1.74. The van der Waals surface area contributed by atoms with E-state index < -0.39 is 0 Å². The highest BCUT2D eigenvalue weighted by Crippen LogP contribution is 2.04. The van der Waals surface area contributed by atoms with Gasteiger partial charge in [-0.25, -0.2) is 0 Å². The van der Waals surface area contributed by atoms with E-state index in [0.717, 1.165) is 17.9 Å². The van der Waals surface area contributed by atoms with E-state index in [1.807, 2.05) is 18.2 Å². The maximum Gasteiger partial charge on any atom is 0.0892 e. The van der Waals surface area contributed by atoms with Crippen molar-refractivity contribution in [3.05, 3.63) is 42.2 Å². The van der Waals surface area contributed by atoms with E-state index in [4.69, 9.17) is 4.74 Å². The van der Waals surface area contributed by atoms with Gasteiger partial charge in [0.15, 0.2) is 0 Å². The van der Waals surface area contributed by atoms with Gasteiger partial charge in [0.2, 0.25) is 0 Å². The second-order valence-corrected chi connectivity index (χ2v) is 5.03. The molecule has 0 saturated heterocycles. The summed E-state index contributed by atoms with van der Waals surface area (Å²) in [5, 5.41) is 3.41. The lowest BCUT2D eigenvalue weighted by Crippen LogP contribution is -2.35. The quantitative estimate of drug-likeness (QED) is 0.607. The zero-order chi connectivity index (χ0) is 12.7. The van der Waals surface area contributed by atoms with Crippen LogP contribution in [-0.4, -0.2) is 17.1 Å². The largest absolute Gasteiger partial charge is 0.371 e. The van der Waals surface area contributed by atoms with E-state index in [1.165, 1.54) is 0 Å². The van der Waals surface area contributed by atoms with Gasteiger partial charge in [0.05, 0.1) is 24.6 Å². The fourth-order valence-electron chi connectivity index (χ4n) is 1.31. The van der Waals surface area contributed by atoms with Crippen LogP contribution in [0.4, 0.5) is 0 Å². The number of ether oxygens (including phenoxy) is 1.